The number of ether oxygens (including phenoxy) is 1. The molecule has 0 radical (unpaired) electrons. The lowest BCUT2D eigenvalue weighted by molar-refractivity contribution is -0.125. The van der Waals surface area contributed by atoms with Gasteiger partial charge in [-0.25, -0.2) is 4.39 Å². The zero-order valence-electron chi connectivity index (χ0n) is 17.6. The van der Waals surface area contributed by atoms with E-state index in [0.29, 0.717) is 0 Å². The van der Waals surface area contributed by atoms with Crippen molar-refractivity contribution in [2.75, 3.05) is 57.4 Å². The number of nitrogens with one attached hydrogen (secondary N) is 1. The summed E-state index contributed by atoms with van der Waals surface area (Å²) in [5.74, 6) is 1.30. The highest BCUT2D eigenvalue weighted by Crippen LogP contribution is 2.29. The predicted octanol–water partition coefficient (Wildman–Crippen LogP) is 3.63. The standard InChI is InChI=1S/C23H36FN3O2/c24-12-19-29-22-11-5-4-10-21(22)27-17-15-26(16-18-27)14-7-6-13-25-23(28)20-8-2-1-3-9-20/h4-5,10-11,20H,1-3,6-9,12-19H2,(H,25,28). The summed E-state index contributed by atoms with van der Waals surface area (Å²) in [5.41, 5.74) is 1.06. The molecule has 1 aromatic carbocycles. The van der Waals surface area contributed by atoms with E-state index in [2.05, 4.69) is 21.2 Å². The van der Waals surface area contributed by atoms with Gasteiger partial charge in [0.15, 0.2) is 0 Å². The van der Waals surface area contributed by atoms with Gasteiger partial charge >= 0.3 is 0 Å². The summed E-state index contributed by atoms with van der Waals surface area (Å²) in [6.07, 6.45) is 7.98. The van der Waals surface area contributed by atoms with E-state index in [1.54, 1.807) is 0 Å². The van der Waals surface area contributed by atoms with Gasteiger partial charge in [0.05, 0.1) is 5.69 Å². The van der Waals surface area contributed by atoms with Crippen molar-refractivity contribution in [1.82, 2.24) is 10.2 Å². The molecule has 6 heteroatoms. The molecule has 0 bridgehead atoms. The molecule has 2 aliphatic rings. The van der Waals surface area contributed by atoms with Crippen LogP contribution in [0.5, 0.6) is 5.75 Å². The summed E-state index contributed by atoms with van der Waals surface area (Å²) >= 11 is 0. The smallest absolute Gasteiger partial charge is 0.223 e. The molecule has 1 aliphatic carbocycles. The van der Waals surface area contributed by atoms with Crippen LogP contribution in [0.2, 0.25) is 0 Å². The highest BCUT2D eigenvalue weighted by Gasteiger charge is 2.21. The van der Waals surface area contributed by atoms with Gasteiger partial charge in [-0.3, -0.25) is 9.69 Å². The SMILES string of the molecule is O=C(NCCCCN1CCN(c2ccccc2OCCF)CC1)C1CCCCC1. The number of nitrogens with zero attached hydrogens (tertiary/aromatic N) is 2. The maximum atomic E-state index is 12.4. The van der Waals surface area contributed by atoms with Gasteiger partial charge in [-0.05, 0) is 44.4 Å². The van der Waals surface area contributed by atoms with Crippen molar-refractivity contribution in [3.8, 4) is 5.75 Å². The van der Waals surface area contributed by atoms with Gasteiger partial charge in [-0.15, -0.1) is 0 Å². The lowest BCUT2D eigenvalue weighted by Gasteiger charge is -2.36. The van der Waals surface area contributed by atoms with E-state index in [1.165, 1.54) is 19.3 Å². The second kappa shape index (κ2) is 12.0. The van der Waals surface area contributed by atoms with Gasteiger partial charge in [0.1, 0.15) is 19.0 Å². The number of rotatable bonds is 10. The highest BCUT2D eigenvalue weighted by atomic mass is 19.1. The van der Waals surface area contributed by atoms with Crippen LogP contribution >= 0.6 is 0 Å². The third kappa shape index (κ3) is 6.88. The minimum Gasteiger partial charge on any atom is -0.489 e. The molecule has 1 saturated heterocycles. The Balaban J connectivity index is 1.31. The first-order valence-corrected chi connectivity index (χ1v) is 11.3. The number of piperazine rings is 1. The summed E-state index contributed by atoms with van der Waals surface area (Å²) in [6, 6.07) is 7.91. The number of carbonyl (C=O) groups excluding carboxylic acids is 1. The second-order valence-corrected chi connectivity index (χ2v) is 8.17. The van der Waals surface area contributed by atoms with Crippen LogP contribution in [-0.2, 0) is 4.79 Å². The van der Waals surface area contributed by atoms with E-state index in [4.69, 9.17) is 4.74 Å². The Bertz CT molecular complexity index is 614. The van der Waals surface area contributed by atoms with E-state index in [-0.39, 0.29) is 18.4 Å². The fourth-order valence-corrected chi connectivity index (χ4v) is 4.38. The van der Waals surface area contributed by atoms with Crippen LogP contribution in [-0.4, -0.2) is 63.4 Å². The maximum Gasteiger partial charge on any atom is 0.223 e. The fraction of sp³-hybridized carbons (Fsp3) is 0.696. The van der Waals surface area contributed by atoms with E-state index in [0.717, 1.165) is 76.4 Å². The first-order valence-electron chi connectivity index (χ1n) is 11.3. The first kappa shape index (κ1) is 21.9. The molecule has 29 heavy (non-hydrogen) atoms. The quantitative estimate of drug-likeness (QED) is 0.604. The molecule has 0 aromatic heterocycles. The van der Waals surface area contributed by atoms with Crippen molar-refractivity contribution in [3.63, 3.8) is 0 Å². The van der Waals surface area contributed by atoms with Crippen molar-refractivity contribution in [2.45, 2.75) is 44.9 Å². The highest BCUT2D eigenvalue weighted by molar-refractivity contribution is 5.78. The Labute approximate surface area is 174 Å². The third-order valence-electron chi connectivity index (χ3n) is 6.09. The van der Waals surface area contributed by atoms with Crippen LogP contribution < -0.4 is 15.0 Å². The van der Waals surface area contributed by atoms with Gasteiger partial charge in [0.2, 0.25) is 5.91 Å². The number of halogens is 1. The van der Waals surface area contributed by atoms with Gasteiger partial charge < -0.3 is 15.0 Å². The average Bonchev–Trinajstić information content (AvgIpc) is 2.78. The molecule has 3 rings (SSSR count). The van der Waals surface area contributed by atoms with Gasteiger partial charge in [0, 0.05) is 38.6 Å². The molecule has 1 aliphatic heterocycles. The predicted molar refractivity (Wildman–Crippen MR) is 115 cm³/mol. The molecule has 0 atom stereocenters. The van der Waals surface area contributed by atoms with Crippen LogP contribution in [0.15, 0.2) is 24.3 Å². The Kier molecular flexibility index (Phi) is 9.06. The molecule has 1 aromatic rings. The average molecular weight is 406 g/mol. The molecular formula is C23H36FN3O2. The zero-order chi connectivity index (χ0) is 20.3. The summed E-state index contributed by atoms with van der Waals surface area (Å²) < 4.78 is 18.0. The Morgan fingerprint density at radius 1 is 1.07 bits per heavy atom. The third-order valence-corrected chi connectivity index (χ3v) is 6.09. The maximum absolute atomic E-state index is 12.4. The number of hydrogen-bond donors (Lipinski definition) is 1. The minimum absolute atomic E-state index is 0.105. The largest absolute Gasteiger partial charge is 0.489 e. The number of amides is 1. The molecule has 1 N–H and O–H groups in total. The molecule has 1 heterocycles. The molecule has 1 saturated carbocycles. The van der Waals surface area contributed by atoms with Crippen LogP contribution in [0.4, 0.5) is 10.1 Å². The molecule has 2 fully saturated rings. The van der Waals surface area contributed by atoms with Crippen molar-refractivity contribution in [1.29, 1.82) is 0 Å². The van der Waals surface area contributed by atoms with E-state index in [1.807, 2.05) is 18.2 Å². The van der Waals surface area contributed by atoms with Crippen LogP contribution in [0, 0.1) is 5.92 Å². The Morgan fingerprint density at radius 3 is 2.59 bits per heavy atom. The monoisotopic (exact) mass is 405 g/mol. The number of unbranched alkanes of at least 4 members (excludes halogenated alkanes) is 1. The topological polar surface area (TPSA) is 44.8 Å². The fourth-order valence-electron chi connectivity index (χ4n) is 4.38. The summed E-state index contributed by atoms with van der Waals surface area (Å²) in [4.78, 5) is 17.0. The summed E-state index contributed by atoms with van der Waals surface area (Å²) in [6.45, 7) is 5.46. The number of hydrogen-bond acceptors (Lipinski definition) is 4. The number of carbonyl (C=O) groups is 1. The van der Waals surface area contributed by atoms with Crippen LogP contribution in [0.1, 0.15) is 44.9 Å². The molecule has 5 nitrogen and oxygen atoms in total. The molecule has 0 spiro atoms. The molecule has 1 amide bonds. The van der Waals surface area contributed by atoms with Crippen molar-refractivity contribution in [2.24, 2.45) is 5.92 Å². The normalized spacial score (nSPS) is 18.6. The number of para-hydroxylation sites is 2. The van der Waals surface area contributed by atoms with E-state index >= 15 is 0 Å². The number of alkyl halides is 1. The second-order valence-electron chi connectivity index (χ2n) is 8.17. The summed E-state index contributed by atoms with van der Waals surface area (Å²) in [7, 11) is 0. The lowest BCUT2D eigenvalue weighted by atomic mass is 9.89. The van der Waals surface area contributed by atoms with Gasteiger partial charge in [0.25, 0.3) is 0 Å². The Morgan fingerprint density at radius 2 is 1.83 bits per heavy atom. The zero-order valence-corrected chi connectivity index (χ0v) is 17.6. The Hall–Kier alpha value is -1.82. The number of anilines is 1. The molecule has 0 unspecified atom stereocenters. The van der Waals surface area contributed by atoms with Crippen molar-refractivity contribution < 1.29 is 13.9 Å². The summed E-state index contributed by atoms with van der Waals surface area (Å²) in [5, 5.41) is 3.14. The first-order chi connectivity index (χ1) is 14.3. The lowest BCUT2D eigenvalue weighted by Crippen LogP contribution is -2.46. The van der Waals surface area contributed by atoms with Crippen molar-refractivity contribution >= 4 is 11.6 Å². The van der Waals surface area contributed by atoms with Gasteiger partial charge in [-0.1, -0.05) is 31.4 Å². The van der Waals surface area contributed by atoms with Gasteiger partial charge in [-0.2, -0.15) is 0 Å². The molecule has 162 valence electrons. The number of benzene rings is 1. The minimum atomic E-state index is -0.469. The van der Waals surface area contributed by atoms with Crippen molar-refractivity contribution in [3.05, 3.63) is 24.3 Å². The van der Waals surface area contributed by atoms with Crippen LogP contribution in [0.25, 0.3) is 0 Å². The van der Waals surface area contributed by atoms with E-state index in [9.17, 15) is 9.18 Å². The van der Waals surface area contributed by atoms with Crippen LogP contribution in [0.3, 0.4) is 0 Å². The van der Waals surface area contributed by atoms with E-state index < -0.39 is 6.67 Å². The molecular weight excluding hydrogens is 369 g/mol.